The molecule has 2 N–H and O–H groups in total. The highest BCUT2D eigenvalue weighted by molar-refractivity contribution is 14.1. The van der Waals surface area contributed by atoms with Crippen molar-refractivity contribution < 1.29 is 4.79 Å². The third kappa shape index (κ3) is 3.62. The molecule has 4 aromatic carbocycles. The Morgan fingerprint density at radius 1 is 0.939 bits per heavy atom. The van der Waals surface area contributed by atoms with Crippen LogP contribution in [0.3, 0.4) is 0 Å². The Balaban J connectivity index is 1.34. The highest BCUT2D eigenvalue weighted by Gasteiger charge is 2.38. The number of halogens is 1. The largest absolute Gasteiger partial charge is 0.378 e. The van der Waals surface area contributed by atoms with E-state index in [1.165, 1.54) is 27.6 Å². The van der Waals surface area contributed by atoms with Crippen LogP contribution in [0.25, 0.3) is 10.8 Å². The van der Waals surface area contributed by atoms with Gasteiger partial charge in [-0.2, -0.15) is 0 Å². The number of amides is 1. The lowest BCUT2D eigenvalue weighted by molar-refractivity contribution is 0.102. The van der Waals surface area contributed by atoms with Crippen LogP contribution in [0.1, 0.15) is 39.9 Å². The number of anilines is 2. The minimum atomic E-state index is -0.0778. The van der Waals surface area contributed by atoms with Crippen molar-refractivity contribution in [1.29, 1.82) is 0 Å². The van der Waals surface area contributed by atoms with Gasteiger partial charge in [0.1, 0.15) is 0 Å². The molecular weight excluding hydrogens is 519 g/mol. The van der Waals surface area contributed by atoms with E-state index >= 15 is 0 Å². The minimum Gasteiger partial charge on any atom is -0.378 e. The maximum Gasteiger partial charge on any atom is 0.256 e. The molecule has 0 saturated heterocycles. The first-order chi connectivity index (χ1) is 16.2. The summed E-state index contributed by atoms with van der Waals surface area (Å²) in [6, 6.07) is 29.2. The molecule has 0 saturated carbocycles. The van der Waals surface area contributed by atoms with E-state index in [9.17, 15) is 4.79 Å². The van der Waals surface area contributed by atoms with Crippen molar-refractivity contribution in [3.05, 3.63) is 117 Å². The number of rotatable bonds is 3. The minimum absolute atomic E-state index is 0.0778. The number of allylic oxidation sites excluding steroid dienone is 2. The van der Waals surface area contributed by atoms with E-state index in [1.54, 1.807) is 0 Å². The van der Waals surface area contributed by atoms with E-state index in [1.807, 2.05) is 36.4 Å². The third-order valence-electron chi connectivity index (χ3n) is 6.88. The van der Waals surface area contributed by atoms with Crippen molar-refractivity contribution in [3.8, 4) is 0 Å². The van der Waals surface area contributed by atoms with Crippen molar-refractivity contribution in [3.63, 3.8) is 0 Å². The number of benzene rings is 4. The Morgan fingerprint density at radius 3 is 2.70 bits per heavy atom. The quantitative estimate of drug-likeness (QED) is 0.208. The van der Waals surface area contributed by atoms with Crippen LogP contribution in [0.15, 0.2) is 97.1 Å². The monoisotopic (exact) mass is 542 g/mol. The van der Waals surface area contributed by atoms with Gasteiger partial charge in [-0.1, -0.05) is 66.7 Å². The van der Waals surface area contributed by atoms with Crippen LogP contribution in [0.2, 0.25) is 0 Å². The van der Waals surface area contributed by atoms with Crippen molar-refractivity contribution >= 4 is 50.6 Å². The van der Waals surface area contributed by atoms with Crippen molar-refractivity contribution in [2.75, 3.05) is 10.6 Å². The summed E-state index contributed by atoms with van der Waals surface area (Å²) >= 11 is 2.21. The second-order valence-corrected chi connectivity index (χ2v) is 9.95. The molecule has 0 radical (unpaired) electrons. The Kier molecular flexibility index (Phi) is 5.18. The van der Waals surface area contributed by atoms with Gasteiger partial charge in [0.05, 0.1) is 11.6 Å². The lowest BCUT2D eigenvalue weighted by Crippen LogP contribution is -2.29. The SMILES string of the molecule is O=C(Nc1cccc([C@@H]2Nc3ccc4ccccc4c3[C@@H]3C=CC[C@@H]32)c1)c1ccccc1I. The highest BCUT2D eigenvalue weighted by atomic mass is 127. The smallest absolute Gasteiger partial charge is 0.256 e. The summed E-state index contributed by atoms with van der Waals surface area (Å²) in [5, 5.41) is 9.56. The molecule has 1 aliphatic heterocycles. The van der Waals surface area contributed by atoms with Crippen LogP contribution in [0.5, 0.6) is 0 Å². The van der Waals surface area contributed by atoms with Crippen LogP contribution >= 0.6 is 22.6 Å². The van der Waals surface area contributed by atoms with E-state index in [0.717, 1.165) is 15.7 Å². The zero-order chi connectivity index (χ0) is 22.4. The van der Waals surface area contributed by atoms with Gasteiger partial charge < -0.3 is 10.6 Å². The van der Waals surface area contributed by atoms with Gasteiger partial charge in [-0.25, -0.2) is 0 Å². The number of nitrogens with one attached hydrogen (secondary N) is 2. The Hall–Kier alpha value is -3.12. The van der Waals surface area contributed by atoms with Crippen molar-refractivity contribution in [1.82, 2.24) is 0 Å². The topological polar surface area (TPSA) is 41.1 Å². The maximum absolute atomic E-state index is 12.9. The average Bonchev–Trinajstić information content (AvgIpc) is 3.33. The molecule has 162 valence electrons. The zero-order valence-electron chi connectivity index (χ0n) is 18.0. The predicted octanol–water partition coefficient (Wildman–Crippen LogP) is 7.52. The molecule has 1 amide bonds. The van der Waals surface area contributed by atoms with Gasteiger partial charge in [-0.3, -0.25) is 4.79 Å². The first-order valence-corrected chi connectivity index (χ1v) is 12.4. The summed E-state index contributed by atoms with van der Waals surface area (Å²) in [5.74, 6) is 0.761. The fraction of sp³-hybridized carbons (Fsp3) is 0.138. The van der Waals surface area contributed by atoms with Gasteiger partial charge in [0.25, 0.3) is 5.91 Å². The normalized spacial score (nSPS) is 20.7. The number of carbonyl (C=O) groups excluding carboxylic acids is 1. The number of carbonyl (C=O) groups is 1. The van der Waals surface area contributed by atoms with E-state index < -0.39 is 0 Å². The number of hydrogen-bond donors (Lipinski definition) is 2. The molecule has 0 bridgehead atoms. The fourth-order valence-corrected chi connectivity index (χ4v) is 6.00. The summed E-state index contributed by atoms with van der Waals surface area (Å²) in [6.07, 6.45) is 5.75. The number of hydrogen-bond acceptors (Lipinski definition) is 2. The lowest BCUT2D eigenvalue weighted by Gasteiger charge is -2.38. The average molecular weight is 542 g/mol. The van der Waals surface area contributed by atoms with Gasteiger partial charge in [0.2, 0.25) is 0 Å². The van der Waals surface area contributed by atoms with Crippen LogP contribution in [0, 0.1) is 9.49 Å². The van der Waals surface area contributed by atoms with Gasteiger partial charge in [0.15, 0.2) is 0 Å². The molecule has 4 aromatic rings. The van der Waals surface area contributed by atoms with Crippen LogP contribution in [-0.4, -0.2) is 5.91 Å². The molecule has 0 aromatic heterocycles. The molecule has 2 aliphatic rings. The molecule has 4 heteroatoms. The fourth-order valence-electron chi connectivity index (χ4n) is 5.36. The first kappa shape index (κ1) is 20.5. The third-order valence-corrected chi connectivity index (χ3v) is 7.82. The van der Waals surface area contributed by atoms with Gasteiger partial charge in [-0.15, -0.1) is 0 Å². The predicted molar refractivity (Wildman–Crippen MR) is 144 cm³/mol. The molecule has 3 nitrogen and oxygen atoms in total. The van der Waals surface area contributed by atoms with Crippen LogP contribution in [-0.2, 0) is 0 Å². The molecule has 33 heavy (non-hydrogen) atoms. The summed E-state index contributed by atoms with van der Waals surface area (Å²) < 4.78 is 0.946. The van der Waals surface area contributed by atoms with E-state index in [2.05, 4.69) is 93.9 Å². The van der Waals surface area contributed by atoms with E-state index in [-0.39, 0.29) is 11.9 Å². The maximum atomic E-state index is 12.9. The molecule has 0 spiro atoms. The van der Waals surface area contributed by atoms with Gasteiger partial charge in [0, 0.05) is 20.9 Å². The Bertz CT molecular complexity index is 1410. The summed E-state index contributed by atoms with van der Waals surface area (Å²) in [6.45, 7) is 0. The van der Waals surface area contributed by atoms with Crippen molar-refractivity contribution in [2.45, 2.75) is 18.4 Å². The summed E-state index contributed by atoms with van der Waals surface area (Å²) in [5.41, 5.74) is 5.34. The van der Waals surface area contributed by atoms with E-state index in [4.69, 9.17) is 0 Å². The highest BCUT2D eigenvalue weighted by Crippen LogP contribution is 2.51. The molecular formula is C29H23IN2O. The van der Waals surface area contributed by atoms with E-state index in [0.29, 0.717) is 17.4 Å². The second-order valence-electron chi connectivity index (χ2n) is 8.78. The molecule has 0 unspecified atom stereocenters. The van der Waals surface area contributed by atoms with Gasteiger partial charge in [-0.05, 0) is 87.2 Å². The lowest BCUT2D eigenvalue weighted by atomic mass is 9.75. The van der Waals surface area contributed by atoms with Crippen molar-refractivity contribution in [2.24, 2.45) is 5.92 Å². The second kappa shape index (κ2) is 8.34. The summed E-state index contributed by atoms with van der Waals surface area (Å²) in [7, 11) is 0. The van der Waals surface area contributed by atoms with Crippen LogP contribution in [0.4, 0.5) is 11.4 Å². The van der Waals surface area contributed by atoms with Crippen LogP contribution < -0.4 is 10.6 Å². The molecule has 0 fully saturated rings. The zero-order valence-corrected chi connectivity index (χ0v) is 20.1. The van der Waals surface area contributed by atoms with Gasteiger partial charge >= 0.3 is 0 Å². The molecule has 1 aliphatic carbocycles. The molecule has 1 heterocycles. The molecule has 6 rings (SSSR count). The Labute approximate surface area is 207 Å². The standard InChI is InChI=1S/C29H23IN2O/c30-25-14-4-3-11-24(25)29(33)31-20-9-5-8-19(17-20)28-23-13-6-12-22(23)27-21-10-2-1-7-18(21)15-16-26(27)32-28/h1-12,14-17,22-23,28,32H,13H2,(H,31,33)/t22-,23+,28+/m1/s1. The molecule has 3 atom stereocenters. The number of fused-ring (bicyclic) bond motifs is 5. The Morgan fingerprint density at radius 2 is 1.79 bits per heavy atom. The summed E-state index contributed by atoms with van der Waals surface area (Å²) in [4.78, 5) is 12.9. The first-order valence-electron chi connectivity index (χ1n) is 11.3.